The van der Waals surface area contributed by atoms with Gasteiger partial charge in [0, 0.05) is 6.42 Å². The highest BCUT2D eigenvalue weighted by molar-refractivity contribution is 5.90. The number of hydrogen-bond donors (Lipinski definition) is 3. The van der Waals surface area contributed by atoms with Crippen LogP contribution in [0.15, 0.2) is 109 Å². The first-order chi connectivity index (χ1) is 22.3. The number of carbonyl (C=O) groups excluding carboxylic acids is 3. The lowest BCUT2D eigenvalue weighted by atomic mass is 9.97. The zero-order valence-electron chi connectivity index (χ0n) is 26.1. The minimum Gasteiger partial charge on any atom is -0.504 e. The lowest BCUT2D eigenvalue weighted by Crippen LogP contribution is -2.54. The number of esters is 1. The molecule has 0 bridgehead atoms. The molecule has 0 heterocycles. The van der Waals surface area contributed by atoms with Gasteiger partial charge in [0.2, 0.25) is 5.91 Å². The van der Waals surface area contributed by atoms with E-state index in [1.165, 1.54) is 6.07 Å². The van der Waals surface area contributed by atoms with E-state index in [1.54, 1.807) is 12.1 Å². The van der Waals surface area contributed by atoms with Crippen molar-refractivity contribution in [1.82, 2.24) is 10.6 Å². The highest BCUT2D eigenvalue weighted by Crippen LogP contribution is 2.28. The van der Waals surface area contributed by atoms with Gasteiger partial charge in [0.05, 0.1) is 0 Å². The number of nitrogens with one attached hydrogen (secondary N) is 2. The largest absolute Gasteiger partial charge is 0.504 e. The summed E-state index contributed by atoms with van der Waals surface area (Å²) in [5.41, 5.74) is 3.15. The minimum atomic E-state index is -1.10. The van der Waals surface area contributed by atoms with Crippen LogP contribution in [0.2, 0.25) is 0 Å². The molecule has 0 aliphatic heterocycles. The second-order valence-corrected chi connectivity index (χ2v) is 11.0. The molecule has 4 rings (SSSR count). The average molecular weight is 625 g/mol. The second kappa shape index (κ2) is 17.2. The molecule has 2 amide bonds. The summed E-state index contributed by atoms with van der Waals surface area (Å²) in [4.78, 5) is 39.8. The summed E-state index contributed by atoms with van der Waals surface area (Å²) in [5.74, 6) is -1.28. The molecule has 0 aliphatic rings. The van der Waals surface area contributed by atoms with Gasteiger partial charge in [-0.1, -0.05) is 117 Å². The van der Waals surface area contributed by atoms with Gasteiger partial charge in [0.15, 0.2) is 11.5 Å². The molecule has 4 aromatic rings. The van der Waals surface area contributed by atoms with Crippen molar-refractivity contribution < 1.29 is 33.7 Å². The van der Waals surface area contributed by atoms with Gasteiger partial charge in [-0.15, -0.1) is 0 Å². The summed E-state index contributed by atoms with van der Waals surface area (Å²) < 4.78 is 16.8. The molecule has 9 nitrogen and oxygen atoms in total. The van der Waals surface area contributed by atoms with Crippen LogP contribution >= 0.6 is 0 Å². The van der Waals surface area contributed by atoms with E-state index < -0.39 is 30.1 Å². The van der Waals surface area contributed by atoms with Crippen LogP contribution in [0.1, 0.15) is 42.5 Å². The zero-order valence-corrected chi connectivity index (χ0v) is 26.1. The number of aromatic hydroxyl groups is 1. The van der Waals surface area contributed by atoms with Gasteiger partial charge in [0.1, 0.15) is 31.9 Å². The number of alkyl carbamates (subject to hydrolysis) is 1. The van der Waals surface area contributed by atoms with Crippen LogP contribution in [-0.4, -0.2) is 35.2 Å². The van der Waals surface area contributed by atoms with Gasteiger partial charge in [-0.2, -0.15) is 0 Å². The van der Waals surface area contributed by atoms with Crippen molar-refractivity contribution in [2.75, 3.05) is 0 Å². The molecule has 0 saturated carbocycles. The summed E-state index contributed by atoms with van der Waals surface area (Å²) in [7, 11) is 0. The van der Waals surface area contributed by atoms with Gasteiger partial charge in [-0.25, -0.2) is 9.59 Å². The summed E-state index contributed by atoms with van der Waals surface area (Å²) in [6.45, 7) is 4.04. The number of hydrogen-bond acceptors (Lipinski definition) is 7. The highest BCUT2D eigenvalue weighted by atomic mass is 16.5. The molecular formula is C37H40N2O7. The van der Waals surface area contributed by atoms with Crippen molar-refractivity contribution in [2.45, 2.75) is 58.6 Å². The maximum absolute atomic E-state index is 13.7. The fraction of sp³-hybridized carbons (Fsp3) is 0.270. The lowest BCUT2D eigenvalue weighted by molar-refractivity contribution is -0.149. The Morgan fingerprint density at radius 3 is 1.80 bits per heavy atom. The van der Waals surface area contributed by atoms with Crippen molar-refractivity contribution in [2.24, 2.45) is 5.92 Å². The third kappa shape index (κ3) is 10.4. The molecule has 4 aromatic carbocycles. The van der Waals surface area contributed by atoms with Crippen molar-refractivity contribution in [3.8, 4) is 11.5 Å². The smallest absolute Gasteiger partial charge is 0.408 e. The molecular weight excluding hydrogens is 584 g/mol. The van der Waals surface area contributed by atoms with E-state index >= 15 is 0 Å². The first-order valence-corrected chi connectivity index (χ1v) is 15.3. The highest BCUT2D eigenvalue weighted by Gasteiger charge is 2.31. The number of phenols is 1. The van der Waals surface area contributed by atoms with Crippen molar-refractivity contribution in [1.29, 1.82) is 0 Å². The fourth-order valence-electron chi connectivity index (χ4n) is 4.65. The number of amides is 2. The van der Waals surface area contributed by atoms with E-state index in [2.05, 4.69) is 10.6 Å². The Morgan fingerprint density at radius 1 is 0.696 bits per heavy atom. The summed E-state index contributed by atoms with van der Waals surface area (Å²) >= 11 is 0. The van der Waals surface area contributed by atoms with Crippen LogP contribution in [0, 0.1) is 5.92 Å². The molecule has 3 atom stereocenters. The van der Waals surface area contributed by atoms with Gasteiger partial charge >= 0.3 is 12.1 Å². The SMILES string of the molecule is CC[C@H](C)[C@H](NC(=O)OCc1ccccc1)C(=O)N[C@@H](Cc1ccc(O)c(OCc2ccccc2)c1)C(=O)OCc1ccccc1. The Kier molecular flexibility index (Phi) is 12.6. The molecule has 0 aliphatic carbocycles. The number of carbonyl (C=O) groups is 3. The van der Waals surface area contributed by atoms with Gasteiger partial charge < -0.3 is 30.0 Å². The molecule has 0 unspecified atom stereocenters. The molecule has 46 heavy (non-hydrogen) atoms. The third-order valence-electron chi connectivity index (χ3n) is 7.51. The lowest BCUT2D eigenvalue weighted by Gasteiger charge is -2.26. The van der Waals surface area contributed by atoms with E-state index in [4.69, 9.17) is 14.2 Å². The zero-order chi connectivity index (χ0) is 32.7. The normalized spacial score (nSPS) is 12.7. The van der Waals surface area contributed by atoms with Crippen LogP contribution in [0.3, 0.4) is 0 Å². The number of rotatable bonds is 15. The number of ether oxygens (including phenoxy) is 3. The van der Waals surface area contributed by atoms with Gasteiger partial charge in [0.25, 0.3) is 0 Å². The Morgan fingerprint density at radius 2 is 1.24 bits per heavy atom. The Bertz CT molecular complexity index is 1550. The summed E-state index contributed by atoms with van der Waals surface area (Å²) in [5, 5.41) is 15.9. The van der Waals surface area contributed by atoms with E-state index in [0.717, 1.165) is 16.7 Å². The predicted molar refractivity (Wildman–Crippen MR) is 174 cm³/mol. The first kappa shape index (κ1) is 33.6. The molecule has 0 aromatic heterocycles. The van der Waals surface area contributed by atoms with Crippen molar-refractivity contribution >= 4 is 18.0 Å². The third-order valence-corrected chi connectivity index (χ3v) is 7.51. The number of benzene rings is 4. The van der Waals surface area contributed by atoms with Crippen LogP contribution in [0.5, 0.6) is 11.5 Å². The first-order valence-electron chi connectivity index (χ1n) is 15.3. The van der Waals surface area contributed by atoms with E-state index in [0.29, 0.717) is 12.0 Å². The molecule has 0 spiro atoms. The molecule has 9 heteroatoms. The summed E-state index contributed by atoms with van der Waals surface area (Å²) in [6, 6.07) is 30.7. The topological polar surface area (TPSA) is 123 Å². The molecule has 0 fully saturated rings. The van der Waals surface area contributed by atoms with Crippen molar-refractivity contribution in [3.05, 3.63) is 131 Å². The predicted octanol–water partition coefficient (Wildman–Crippen LogP) is 6.08. The van der Waals surface area contributed by atoms with Crippen molar-refractivity contribution in [3.63, 3.8) is 0 Å². The average Bonchev–Trinajstić information content (AvgIpc) is 3.09. The Hall–Kier alpha value is -5.31. The second-order valence-electron chi connectivity index (χ2n) is 11.0. The van der Waals surface area contributed by atoms with Crippen LogP contribution < -0.4 is 15.4 Å². The molecule has 240 valence electrons. The fourth-order valence-corrected chi connectivity index (χ4v) is 4.65. The molecule has 0 saturated heterocycles. The maximum Gasteiger partial charge on any atom is 0.408 e. The van der Waals surface area contributed by atoms with Crippen LogP contribution in [0.4, 0.5) is 4.79 Å². The summed E-state index contributed by atoms with van der Waals surface area (Å²) in [6.07, 6.45) is -0.112. The number of phenolic OH excluding ortho intramolecular Hbond substituents is 1. The Labute approximate surface area is 269 Å². The Balaban J connectivity index is 1.48. The maximum atomic E-state index is 13.7. The van der Waals surface area contributed by atoms with Gasteiger partial charge in [-0.05, 0) is 40.3 Å². The minimum absolute atomic E-state index is 0.0198. The van der Waals surface area contributed by atoms with Gasteiger partial charge in [-0.3, -0.25) is 4.79 Å². The quantitative estimate of drug-likeness (QED) is 0.137. The van der Waals surface area contributed by atoms with E-state index in [-0.39, 0.29) is 43.7 Å². The standard InChI is InChI=1S/C37H40N2O7/c1-3-26(2)34(39-37(43)46-25-29-17-11-6-12-18-29)35(41)38-31(36(42)45-24-28-15-9-5-10-16-28)21-30-19-20-32(40)33(22-30)44-23-27-13-7-4-8-14-27/h4-20,22,26,31,34,40H,3,21,23-25H2,1-2H3,(H,38,41)(H,39,43)/t26-,31-,34-/m0/s1. The van der Waals surface area contributed by atoms with Crippen LogP contribution in [-0.2, 0) is 45.3 Å². The van der Waals surface area contributed by atoms with E-state index in [1.807, 2.05) is 105 Å². The van der Waals surface area contributed by atoms with Crippen LogP contribution in [0.25, 0.3) is 0 Å². The van der Waals surface area contributed by atoms with E-state index in [9.17, 15) is 19.5 Å². The molecule has 0 radical (unpaired) electrons. The molecule has 3 N–H and O–H groups in total. The monoisotopic (exact) mass is 624 g/mol.